The third-order valence-corrected chi connectivity index (χ3v) is 3.07. The maximum Gasteiger partial charge on any atom is 0.225 e. The molecule has 5 nitrogen and oxygen atoms in total. The molecule has 0 aromatic rings. The SMILES string of the molecule is COCCC(C)(C)CNC(=O)C1CNC(=O)C1. The fourth-order valence-corrected chi connectivity index (χ4v) is 1.73. The molecule has 1 fully saturated rings. The Morgan fingerprint density at radius 1 is 1.59 bits per heavy atom. The molecule has 2 amide bonds. The molecule has 0 spiro atoms. The van der Waals surface area contributed by atoms with E-state index in [9.17, 15) is 9.59 Å². The van der Waals surface area contributed by atoms with Crippen molar-refractivity contribution in [2.75, 3.05) is 26.8 Å². The summed E-state index contributed by atoms with van der Waals surface area (Å²) in [5.74, 6) is -0.279. The van der Waals surface area contributed by atoms with Gasteiger partial charge in [0.25, 0.3) is 0 Å². The monoisotopic (exact) mass is 242 g/mol. The highest BCUT2D eigenvalue weighted by Crippen LogP contribution is 2.19. The Labute approximate surface area is 102 Å². The second-order valence-electron chi connectivity index (χ2n) is 5.33. The van der Waals surface area contributed by atoms with Gasteiger partial charge in [0.1, 0.15) is 0 Å². The molecule has 2 N–H and O–H groups in total. The Morgan fingerprint density at radius 2 is 2.29 bits per heavy atom. The van der Waals surface area contributed by atoms with E-state index >= 15 is 0 Å². The molecule has 0 aromatic heterocycles. The van der Waals surface area contributed by atoms with Crippen LogP contribution in [0.4, 0.5) is 0 Å². The van der Waals surface area contributed by atoms with Crippen molar-refractivity contribution in [1.29, 1.82) is 0 Å². The summed E-state index contributed by atoms with van der Waals surface area (Å²) in [6.07, 6.45) is 1.20. The number of hydrogen-bond donors (Lipinski definition) is 2. The van der Waals surface area contributed by atoms with Crippen LogP contribution in [0.25, 0.3) is 0 Å². The number of rotatable bonds is 6. The van der Waals surface area contributed by atoms with Crippen LogP contribution in [0.15, 0.2) is 0 Å². The molecule has 5 heteroatoms. The standard InChI is InChI=1S/C12H22N2O3/c1-12(2,4-5-17-3)8-14-11(16)9-6-10(15)13-7-9/h9H,4-8H2,1-3H3,(H,13,15)(H,14,16). The van der Waals surface area contributed by atoms with Crippen molar-refractivity contribution in [3.63, 3.8) is 0 Å². The molecule has 0 saturated carbocycles. The predicted octanol–water partition coefficient (Wildman–Crippen LogP) is 0.301. The van der Waals surface area contributed by atoms with Gasteiger partial charge in [-0.05, 0) is 11.8 Å². The van der Waals surface area contributed by atoms with Gasteiger partial charge < -0.3 is 15.4 Å². The van der Waals surface area contributed by atoms with Gasteiger partial charge in [-0.1, -0.05) is 13.8 Å². The number of amides is 2. The molecule has 0 aromatic carbocycles. The molecule has 1 rings (SSSR count). The van der Waals surface area contributed by atoms with Crippen LogP contribution in [-0.4, -0.2) is 38.6 Å². The molecule has 0 radical (unpaired) electrons. The molecule has 1 unspecified atom stereocenters. The first-order valence-electron chi connectivity index (χ1n) is 5.98. The van der Waals surface area contributed by atoms with Gasteiger partial charge in [0, 0.05) is 33.2 Å². The van der Waals surface area contributed by atoms with Crippen LogP contribution in [0.2, 0.25) is 0 Å². The maximum absolute atomic E-state index is 11.8. The van der Waals surface area contributed by atoms with Crippen LogP contribution >= 0.6 is 0 Å². The first-order chi connectivity index (χ1) is 7.94. The quantitative estimate of drug-likeness (QED) is 0.704. The highest BCUT2D eigenvalue weighted by molar-refractivity contribution is 5.89. The van der Waals surface area contributed by atoms with Crippen molar-refractivity contribution in [1.82, 2.24) is 10.6 Å². The highest BCUT2D eigenvalue weighted by Gasteiger charge is 2.29. The van der Waals surface area contributed by atoms with E-state index in [1.807, 2.05) is 0 Å². The minimum atomic E-state index is -0.208. The summed E-state index contributed by atoms with van der Waals surface area (Å²) in [5.41, 5.74) is 0.0156. The van der Waals surface area contributed by atoms with Crippen LogP contribution in [0, 0.1) is 11.3 Å². The van der Waals surface area contributed by atoms with Crippen molar-refractivity contribution < 1.29 is 14.3 Å². The highest BCUT2D eigenvalue weighted by atomic mass is 16.5. The molecule has 0 bridgehead atoms. The summed E-state index contributed by atoms with van der Waals surface area (Å²) in [6.45, 7) is 5.93. The van der Waals surface area contributed by atoms with Gasteiger partial charge in [-0.25, -0.2) is 0 Å². The third-order valence-electron chi connectivity index (χ3n) is 3.07. The molecule has 0 aliphatic carbocycles. The lowest BCUT2D eigenvalue weighted by Crippen LogP contribution is -2.38. The Morgan fingerprint density at radius 3 is 2.82 bits per heavy atom. The lowest BCUT2D eigenvalue weighted by molar-refractivity contribution is -0.126. The van der Waals surface area contributed by atoms with Crippen LogP contribution in [0.3, 0.4) is 0 Å². The van der Waals surface area contributed by atoms with E-state index in [1.165, 1.54) is 0 Å². The van der Waals surface area contributed by atoms with Gasteiger partial charge in [-0.15, -0.1) is 0 Å². The van der Waals surface area contributed by atoms with Crippen molar-refractivity contribution in [2.45, 2.75) is 26.7 Å². The second-order valence-corrected chi connectivity index (χ2v) is 5.33. The molecule has 98 valence electrons. The number of hydrogen-bond acceptors (Lipinski definition) is 3. The van der Waals surface area contributed by atoms with Crippen LogP contribution < -0.4 is 10.6 Å². The topological polar surface area (TPSA) is 67.4 Å². The van der Waals surface area contributed by atoms with E-state index in [0.29, 0.717) is 26.1 Å². The van der Waals surface area contributed by atoms with E-state index in [1.54, 1.807) is 7.11 Å². The lowest BCUT2D eigenvalue weighted by atomic mass is 9.89. The number of ether oxygens (including phenoxy) is 1. The summed E-state index contributed by atoms with van der Waals surface area (Å²) >= 11 is 0. The van der Waals surface area contributed by atoms with Gasteiger partial charge >= 0.3 is 0 Å². The first-order valence-corrected chi connectivity index (χ1v) is 5.98. The Kier molecular flexibility index (Phi) is 4.93. The fourth-order valence-electron chi connectivity index (χ4n) is 1.73. The predicted molar refractivity (Wildman–Crippen MR) is 64.4 cm³/mol. The van der Waals surface area contributed by atoms with Crippen molar-refractivity contribution in [3.05, 3.63) is 0 Å². The summed E-state index contributed by atoms with van der Waals surface area (Å²) in [7, 11) is 1.67. The van der Waals surface area contributed by atoms with E-state index in [2.05, 4.69) is 24.5 Å². The van der Waals surface area contributed by atoms with Crippen LogP contribution in [0.1, 0.15) is 26.7 Å². The number of carbonyl (C=O) groups excluding carboxylic acids is 2. The third kappa shape index (κ3) is 4.73. The average molecular weight is 242 g/mol. The number of carbonyl (C=O) groups is 2. The molecule has 1 aliphatic rings. The lowest BCUT2D eigenvalue weighted by Gasteiger charge is -2.25. The van der Waals surface area contributed by atoms with Gasteiger partial charge in [0.15, 0.2) is 0 Å². The van der Waals surface area contributed by atoms with Gasteiger partial charge in [0.05, 0.1) is 5.92 Å². The molecule has 17 heavy (non-hydrogen) atoms. The minimum Gasteiger partial charge on any atom is -0.385 e. The second kappa shape index (κ2) is 6.00. The zero-order valence-corrected chi connectivity index (χ0v) is 10.8. The van der Waals surface area contributed by atoms with Crippen LogP contribution in [-0.2, 0) is 14.3 Å². The fraction of sp³-hybridized carbons (Fsp3) is 0.833. The molecular weight excluding hydrogens is 220 g/mol. The van der Waals surface area contributed by atoms with E-state index in [0.717, 1.165) is 6.42 Å². The molecule has 1 saturated heterocycles. The summed E-state index contributed by atoms with van der Waals surface area (Å²) in [6, 6.07) is 0. The Balaban J connectivity index is 2.29. The normalized spacial score (nSPS) is 20.2. The van der Waals surface area contributed by atoms with E-state index in [4.69, 9.17) is 4.74 Å². The minimum absolute atomic E-state index is 0.0156. The summed E-state index contributed by atoms with van der Waals surface area (Å²) < 4.78 is 5.03. The van der Waals surface area contributed by atoms with Gasteiger partial charge in [0.2, 0.25) is 11.8 Å². The zero-order valence-electron chi connectivity index (χ0n) is 10.8. The van der Waals surface area contributed by atoms with E-state index in [-0.39, 0.29) is 23.1 Å². The van der Waals surface area contributed by atoms with Gasteiger partial charge in [-0.3, -0.25) is 9.59 Å². The van der Waals surface area contributed by atoms with Crippen LogP contribution in [0.5, 0.6) is 0 Å². The molecule has 1 heterocycles. The molecule has 1 atom stereocenters. The van der Waals surface area contributed by atoms with Crippen molar-refractivity contribution in [3.8, 4) is 0 Å². The van der Waals surface area contributed by atoms with Crippen molar-refractivity contribution in [2.24, 2.45) is 11.3 Å². The summed E-state index contributed by atoms with van der Waals surface area (Å²) in [4.78, 5) is 22.8. The molecular formula is C12H22N2O3. The zero-order chi connectivity index (χ0) is 12.9. The average Bonchev–Trinajstić information content (AvgIpc) is 2.70. The van der Waals surface area contributed by atoms with Crippen molar-refractivity contribution >= 4 is 11.8 Å². The van der Waals surface area contributed by atoms with Gasteiger partial charge in [-0.2, -0.15) is 0 Å². The summed E-state index contributed by atoms with van der Waals surface area (Å²) in [5, 5.41) is 5.57. The largest absolute Gasteiger partial charge is 0.385 e. The number of nitrogens with one attached hydrogen (secondary N) is 2. The Bertz CT molecular complexity index is 289. The smallest absolute Gasteiger partial charge is 0.225 e. The first kappa shape index (κ1) is 14.0. The Hall–Kier alpha value is -1.10. The maximum atomic E-state index is 11.8. The number of methoxy groups -OCH3 is 1. The molecule has 1 aliphatic heterocycles. The van der Waals surface area contributed by atoms with E-state index < -0.39 is 0 Å².